The van der Waals surface area contributed by atoms with Crippen molar-refractivity contribution in [3.63, 3.8) is 0 Å². The van der Waals surface area contributed by atoms with Crippen LogP contribution in [0.5, 0.6) is 0 Å². The van der Waals surface area contributed by atoms with E-state index in [1.807, 2.05) is 35.9 Å². The highest BCUT2D eigenvalue weighted by Gasteiger charge is 2.14. The summed E-state index contributed by atoms with van der Waals surface area (Å²) in [5.41, 5.74) is 1.99. The molecule has 0 amide bonds. The van der Waals surface area contributed by atoms with Gasteiger partial charge in [-0.1, -0.05) is 18.2 Å². The number of hydrogen-bond donors (Lipinski definition) is 2. The normalized spacial score (nSPS) is 12.2. The topological polar surface area (TPSA) is 75.9 Å². The number of rotatable bonds is 4. The van der Waals surface area contributed by atoms with Gasteiger partial charge in [0.05, 0.1) is 11.1 Å². The molecule has 0 radical (unpaired) electrons. The maximum absolute atomic E-state index is 9.71. The van der Waals surface area contributed by atoms with E-state index < -0.39 is 5.60 Å². The van der Waals surface area contributed by atoms with Crippen molar-refractivity contribution in [3.8, 4) is 0 Å². The maximum Gasteiger partial charge on any atom is 0.243 e. The third kappa shape index (κ3) is 2.67. The lowest BCUT2D eigenvalue weighted by atomic mass is 10.1. The van der Waals surface area contributed by atoms with E-state index in [4.69, 9.17) is 0 Å². The van der Waals surface area contributed by atoms with Gasteiger partial charge in [0, 0.05) is 19.0 Å². The molecule has 0 bridgehead atoms. The number of aliphatic hydroxyl groups is 1. The van der Waals surface area contributed by atoms with Crippen molar-refractivity contribution in [1.29, 1.82) is 0 Å². The van der Waals surface area contributed by atoms with Gasteiger partial charge in [-0.05, 0) is 26.3 Å². The molecular weight excluding hydrogens is 266 g/mol. The Labute approximate surface area is 122 Å². The highest BCUT2D eigenvalue weighted by molar-refractivity contribution is 6.04. The number of aromatic nitrogens is 4. The summed E-state index contributed by atoms with van der Waals surface area (Å²) in [6.45, 7) is 4.16. The number of hydrogen-bond acceptors (Lipinski definition) is 5. The lowest BCUT2D eigenvalue weighted by molar-refractivity contribution is 0.0748. The van der Waals surface area contributed by atoms with Crippen LogP contribution in [0.2, 0.25) is 0 Å². The molecule has 2 N–H and O–H groups in total. The van der Waals surface area contributed by atoms with E-state index in [2.05, 4.69) is 20.5 Å². The highest BCUT2D eigenvalue weighted by atomic mass is 16.3. The molecule has 2 heterocycles. The number of nitrogens with zero attached hydrogens (tertiary/aromatic N) is 4. The number of fused-ring (bicyclic) bond motifs is 3. The third-order valence-electron chi connectivity index (χ3n) is 3.53. The molecule has 6 nitrogen and oxygen atoms in total. The minimum atomic E-state index is -0.704. The number of benzene rings is 1. The lowest BCUT2D eigenvalue weighted by Crippen LogP contribution is -2.23. The van der Waals surface area contributed by atoms with E-state index in [0.29, 0.717) is 18.9 Å². The lowest BCUT2D eigenvalue weighted by Gasteiger charge is -2.16. The minimum absolute atomic E-state index is 0.489. The third-order valence-corrected chi connectivity index (χ3v) is 3.53. The second-order valence-electron chi connectivity index (χ2n) is 5.87. The van der Waals surface area contributed by atoms with Gasteiger partial charge in [0.2, 0.25) is 5.95 Å². The van der Waals surface area contributed by atoms with E-state index in [1.165, 1.54) is 0 Å². The summed E-state index contributed by atoms with van der Waals surface area (Å²) in [7, 11) is 1.96. The van der Waals surface area contributed by atoms with Gasteiger partial charge >= 0.3 is 0 Å². The van der Waals surface area contributed by atoms with E-state index in [9.17, 15) is 5.11 Å². The molecule has 21 heavy (non-hydrogen) atoms. The largest absolute Gasteiger partial charge is 0.390 e. The van der Waals surface area contributed by atoms with Crippen LogP contribution in [0.25, 0.3) is 22.1 Å². The van der Waals surface area contributed by atoms with Crippen LogP contribution >= 0.6 is 0 Å². The van der Waals surface area contributed by atoms with Crippen LogP contribution in [0.1, 0.15) is 20.3 Å². The predicted molar refractivity (Wildman–Crippen MR) is 83.2 cm³/mol. The molecule has 0 unspecified atom stereocenters. The van der Waals surface area contributed by atoms with Crippen molar-refractivity contribution in [3.05, 3.63) is 24.3 Å². The van der Waals surface area contributed by atoms with Crippen LogP contribution < -0.4 is 5.32 Å². The molecule has 2 aromatic heterocycles. The molecule has 0 aliphatic rings. The average molecular weight is 285 g/mol. The first kappa shape index (κ1) is 13.8. The van der Waals surface area contributed by atoms with Crippen molar-refractivity contribution in [2.45, 2.75) is 25.9 Å². The van der Waals surface area contributed by atoms with E-state index >= 15 is 0 Å². The minimum Gasteiger partial charge on any atom is -0.390 e. The van der Waals surface area contributed by atoms with E-state index in [-0.39, 0.29) is 0 Å². The van der Waals surface area contributed by atoms with Crippen LogP contribution in [0.15, 0.2) is 24.3 Å². The molecule has 6 heteroatoms. The Hall–Kier alpha value is -2.21. The van der Waals surface area contributed by atoms with Crippen LogP contribution in [-0.2, 0) is 7.05 Å². The van der Waals surface area contributed by atoms with E-state index in [1.54, 1.807) is 13.8 Å². The Morgan fingerprint density at radius 3 is 2.76 bits per heavy atom. The Kier molecular flexibility index (Phi) is 3.25. The van der Waals surface area contributed by atoms with Crippen LogP contribution in [0, 0.1) is 0 Å². The number of para-hydroxylation sites is 1. The van der Waals surface area contributed by atoms with Crippen molar-refractivity contribution in [2.75, 3.05) is 11.9 Å². The molecule has 110 valence electrons. The van der Waals surface area contributed by atoms with Crippen LogP contribution in [0.4, 0.5) is 5.95 Å². The average Bonchev–Trinajstić information content (AvgIpc) is 2.72. The quantitative estimate of drug-likeness (QED) is 0.767. The van der Waals surface area contributed by atoms with Gasteiger partial charge in [0.1, 0.15) is 5.52 Å². The second kappa shape index (κ2) is 4.96. The van der Waals surface area contributed by atoms with Crippen molar-refractivity contribution in [2.24, 2.45) is 7.05 Å². The standard InChI is InChI=1S/C15H19N5O/c1-15(2,21)8-9-16-14-17-12-10-6-4-5-7-11(10)20(3)13(12)18-19-14/h4-7,21H,8-9H2,1-3H3,(H,16,17,19). The first-order valence-corrected chi connectivity index (χ1v) is 7.00. The van der Waals surface area contributed by atoms with Crippen LogP contribution in [-0.4, -0.2) is 37.0 Å². The smallest absolute Gasteiger partial charge is 0.243 e. The summed E-state index contributed by atoms with van der Waals surface area (Å²) in [4.78, 5) is 4.56. The zero-order valence-corrected chi connectivity index (χ0v) is 12.5. The fourth-order valence-electron chi connectivity index (χ4n) is 2.36. The first-order valence-electron chi connectivity index (χ1n) is 7.00. The highest BCUT2D eigenvalue weighted by Crippen LogP contribution is 2.25. The van der Waals surface area contributed by atoms with Gasteiger partial charge in [-0.15, -0.1) is 10.2 Å². The second-order valence-corrected chi connectivity index (χ2v) is 5.87. The summed E-state index contributed by atoms with van der Waals surface area (Å²) in [5, 5.41) is 22.3. The predicted octanol–water partition coefficient (Wildman–Crippen LogP) is 2.09. The molecule has 3 rings (SSSR count). The first-order chi connectivity index (χ1) is 9.96. The molecule has 0 atom stereocenters. The van der Waals surface area contributed by atoms with Gasteiger partial charge in [-0.3, -0.25) is 0 Å². The molecule has 0 aliphatic carbocycles. The number of nitrogens with one attached hydrogen (secondary N) is 1. The molecule has 3 aromatic rings. The van der Waals surface area contributed by atoms with Crippen molar-refractivity contribution >= 4 is 28.0 Å². The van der Waals surface area contributed by atoms with E-state index in [0.717, 1.165) is 22.1 Å². The Bertz CT molecular complexity index is 788. The molecule has 0 aliphatic heterocycles. The van der Waals surface area contributed by atoms with Gasteiger partial charge in [-0.25, -0.2) is 4.98 Å². The summed E-state index contributed by atoms with van der Waals surface area (Å²) in [6, 6.07) is 8.06. The monoisotopic (exact) mass is 285 g/mol. The summed E-state index contributed by atoms with van der Waals surface area (Å²) in [6.07, 6.45) is 0.615. The fraction of sp³-hybridized carbons (Fsp3) is 0.400. The summed E-state index contributed by atoms with van der Waals surface area (Å²) < 4.78 is 1.99. The van der Waals surface area contributed by atoms with Gasteiger partial charge in [-0.2, -0.15) is 0 Å². The zero-order chi connectivity index (χ0) is 15.0. The number of aryl methyl sites for hydroxylation is 1. The summed E-state index contributed by atoms with van der Waals surface area (Å²) >= 11 is 0. The van der Waals surface area contributed by atoms with Gasteiger partial charge in [0.25, 0.3) is 0 Å². The fourth-order valence-corrected chi connectivity index (χ4v) is 2.36. The Balaban J connectivity index is 1.94. The SMILES string of the molecule is Cn1c2ccccc2c2nc(NCCC(C)(C)O)nnc21. The van der Waals surface area contributed by atoms with Crippen molar-refractivity contribution in [1.82, 2.24) is 19.7 Å². The molecule has 0 saturated heterocycles. The Morgan fingerprint density at radius 2 is 2.00 bits per heavy atom. The zero-order valence-electron chi connectivity index (χ0n) is 12.5. The molecular formula is C15H19N5O. The maximum atomic E-state index is 9.71. The van der Waals surface area contributed by atoms with Gasteiger partial charge in [0.15, 0.2) is 5.65 Å². The molecule has 0 saturated carbocycles. The molecule has 1 aromatic carbocycles. The summed E-state index contributed by atoms with van der Waals surface area (Å²) in [5.74, 6) is 0.489. The van der Waals surface area contributed by atoms with Gasteiger partial charge < -0.3 is 15.0 Å². The van der Waals surface area contributed by atoms with Crippen molar-refractivity contribution < 1.29 is 5.11 Å². The molecule has 0 spiro atoms. The Morgan fingerprint density at radius 1 is 1.24 bits per heavy atom. The van der Waals surface area contributed by atoms with Crippen LogP contribution in [0.3, 0.4) is 0 Å². The number of anilines is 1. The molecule has 0 fully saturated rings.